The molecule has 1 radical (unpaired) electrons. The summed E-state index contributed by atoms with van der Waals surface area (Å²) < 4.78 is 0.858. The number of hydrogen-bond acceptors (Lipinski definition) is 3. The van der Waals surface area contributed by atoms with E-state index in [4.69, 9.17) is 10.0 Å². The summed E-state index contributed by atoms with van der Waals surface area (Å²) in [6.45, 7) is 0. The molecule has 2 rings (SSSR count). The monoisotopic (exact) mass is 238 g/mol. The number of rotatable bonds is 1. The molecule has 0 fully saturated rings. The van der Waals surface area contributed by atoms with Crippen molar-refractivity contribution in [3.05, 3.63) is 40.4 Å². The van der Waals surface area contributed by atoms with Crippen LogP contribution in [-0.4, -0.2) is 22.8 Å². The van der Waals surface area contributed by atoms with Crippen molar-refractivity contribution in [1.29, 1.82) is 0 Å². The van der Waals surface area contributed by atoms with E-state index in [1.54, 1.807) is 6.08 Å². The molecule has 0 aromatic rings. The Hall–Kier alpha value is -0.645. The molecule has 0 aromatic heterocycles. The van der Waals surface area contributed by atoms with Gasteiger partial charge in [0.2, 0.25) is 0 Å². The van der Waals surface area contributed by atoms with Gasteiger partial charge in [-0.05, 0) is 17.7 Å². The highest BCUT2D eigenvalue weighted by atomic mass is 79.9. The summed E-state index contributed by atoms with van der Waals surface area (Å²) in [5, 5.41) is 17.8. The van der Waals surface area contributed by atoms with Crippen LogP contribution in [0.1, 0.15) is 0 Å². The van der Waals surface area contributed by atoms with E-state index < -0.39 is 7.12 Å². The lowest BCUT2D eigenvalue weighted by Crippen LogP contribution is -2.22. The largest absolute Gasteiger partial charge is 0.507 e. The van der Waals surface area contributed by atoms with Crippen molar-refractivity contribution in [3.8, 4) is 0 Å². The smallest absolute Gasteiger partial charge is 0.422 e. The minimum Gasteiger partial charge on any atom is -0.422 e. The van der Waals surface area contributed by atoms with E-state index in [9.17, 15) is 0 Å². The zero-order chi connectivity index (χ0) is 9.42. The fourth-order valence-corrected chi connectivity index (χ4v) is 1.69. The molecule has 0 saturated carbocycles. The van der Waals surface area contributed by atoms with Gasteiger partial charge in [0.15, 0.2) is 6.04 Å². The first-order valence-electron chi connectivity index (χ1n) is 3.76. The molecule has 2 aliphatic rings. The minimum atomic E-state index is -1.50. The summed E-state index contributed by atoms with van der Waals surface area (Å²) in [4.78, 5) is 4.06. The first kappa shape index (κ1) is 8.93. The Balaban J connectivity index is 2.34. The quantitative estimate of drug-likeness (QED) is 0.663. The maximum atomic E-state index is 8.89. The number of nitrogens with zero attached hydrogens (tertiary/aromatic N) is 1. The Morgan fingerprint density at radius 1 is 1.38 bits per heavy atom. The molecule has 2 N–H and O–H groups in total. The van der Waals surface area contributed by atoms with Crippen LogP contribution in [0.5, 0.6) is 0 Å². The average molecular weight is 239 g/mol. The Kier molecular flexibility index (Phi) is 2.23. The van der Waals surface area contributed by atoms with Gasteiger partial charge in [0.05, 0.1) is 5.61 Å². The topological polar surface area (TPSA) is 52.8 Å². The van der Waals surface area contributed by atoms with Crippen LogP contribution < -0.4 is 0 Å². The third-order valence-corrected chi connectivity index (χ3v) is 2.47. The zero-order valence-electron chi connectivity index (χ0n) is 6.61. The van der Waals surface area contributed by atoms with Crippen LogP contribution in [0.15, 0.2) is 39.4 Å². The Morgan fingerprint density at radius 3 is 2.77 bits per heavy atom. The van der Waals surface area contributed by atoms with Crippen LogP contribution in [-0.2, 0) is 0 Å². The Labute approximate surface area is 84.5 Å². The molecule has 0 aromatic carbocycles. The number of fused-ring (bicyclic) bond motifs is 1. The van der Waals surface area contributed by atoms with Gasteiger partial charge in [-0.1, -0.05) is 28.1 Å². The first-order chi connectivity index (χ1) is 6.18. The highest BCUT2D eigenvalue weighted by molar-refractivity contribution is 9.11. The predicted octanol–water partition coefficient (Wildman–Crippen LogP) is 0.760. The van der Waals surface area contributed by atoms with Gasteiger partial charge in [-0.3, -0.25) is 4.99 Å². The van der Waals surface area contributed by atoms with Gasteiger partial charge in [-0.2, -0.15) is 0 Å². The van der Waals surface area contributed by atoms with Crippen molar-refractivity contribution < 1.29 is 10.0 Å². The normalized spacial score (nSPS) is 20.7. The standard InChI is InChI=1S/C8H6BBrNO2/c10-6-3-1-2-5-4-7(9(12)13)11-8(5)6/h1-4,12-13H. The molecule has 3 nitrogen and oxygen atoms in total. The van der Waals surface area contributed by atoms with Crippen molar-refractivity contribution in [2.45, 2.75) is 0 Å². The number of aliphatic imine (C=N–C) groups is 1. The summed E-state index contributed by atoms with van der Waals surface area (Å²) in [5.74, 6) is 0. The van der Waals surface area contributed by atoms with Crippen molar-refractivity contribution in [2.75, 3.05) is 0 Å². The molecule has 1 heterocycles. The second kappa shape index (κ2) is 3.25. The van der Waals surface area contributed by atoms with Crippen LogP contribution in [0.25, 0.3) is 0 Å². The van der Waals surface area contributed by atoms with Crippen LogP contribution in [0.3, 0.4) is 0 Å². The summed E-state index contributed by atoms with van der Waals surface area (Å²) in [6.07, 6.45) is 7.27. The fourth-order valence-electron chi connectivity index (χ4n) is 1.22. The highest BCUT2D eigenvalue weighted by Crippen LogP contribution is 2.36. The van der Waals surface area contributed by atoms with Crippen LogP contribution in [0, 0.1) is 6.04 Å². The third kappa shape index (κ3) is 1.55. The molecular formula is C8H6BBrNO2. The molecule has 0 spiro atoms. The van der Waals surface area contributed by atoms with Gasteiger partial charge in [0, 0.05) is 4.48 Å². The molecular weight excluding hydrogens is 233 g/mol. The molecule has 0 amide bonds. The van der Waals surface area contributed by atoms with Crippen molar-refractivity contribution >= 4 is 28.7 Å². The van der Waals surface area contributed by atoms with Gasteiger partial charge in [0.1, 0.15) is 0 Å². The molecule has 13 heavy (non-hydrogen) atoms. The SMILES string of the molecule is OB(O)C1=N[C]2C(Br)=CC=CC2=C1. The molecule has 0 atom stereocenters. The zero-order valence-corrected chi connectivity index (χ0v) is 8.19. The van der Waals surface area contributed by atoms with Crippen molar-refractivity contribution in [2.24, 2.45) is 4.99 Å². The second-order valence-electron chi connectivity index (χ2n) is 2.73. The Bertz CT molecular complexity index is 357. The third-order valence-electron chi connectivity index (χ3n) is 1.83. The van der Waals surface area contributed by atoms with E-state index in [0.717, 1.165) is 16.1 Å². The number of halogens is 1. The van der Waals surface area contributed by atoms with E-state index in [0.29, 0.717) is 0 Å². The lowest BCUT2D eigenvalue weighted by atomic mass is 9.83. The molecule has 65 valence electrons. The second-order valence-corrected chi connectivity index (χ2v) is 3.59. The fraction of sp³-hybridized carbons (Fsp3) is 0. The van der Waals surface area contributed by atoms with Crippen molar-refractivity contribution in [3.63, 3.8) is 0 Å². The maximum absolute atomic E-state index is 8.89. The van der Waals surface area contributed by atoms with E-state index in [2.05, 4.69) is 20.9 Å². The highest BCUT2D eigenvalue weighted by Gasteiger charge is 2.28. The lowest BCUT2D eigenvalue weighted by Gasteiger charge is -2.09. The van der Waals surface area contributed by atoms with Gasteiger partial charge in [0.25, 0.3) is 0 Å². The summed E-state index contributed by atoms with van der Waals surface area (Å²) >= 11 is 3.33. The van der Waals surface area contributed by atoms with Gasteiger partial charge in [-0.15, -0.1) is 0 Å². The van der Waals surface area contributed by atoms with Gasteiger partial charge >= 0.3 is 7.12 Å². The maximum Gasteiger partial charge on any atom is 0.507 e. The van der Waals surface area contributed by atoms with Crippen LogP contribution >= 0.6 is 15.9 Å². The predicted molar refractivity (Wildman–Crippen MR) is 55.1 cm³/mol. The Morgan fingerprint density at radius 2 is 2.15 bits per heavy atom. The molecule has 0 saturated heterocycles. The minimum absolute atomic E-state index is 0.280. The van der Waals surface area contributed by atoms with Crippen molar-refractivity contribution in [1.82, 2.24) is 0 Å². The summed E-state index contributed by atoms with van der Waals surface area (Å²) in [7, 11) is -1.50. The molecule has 0 unspecified atom stereocenters. The number of allylic oxidation sites excluding steroid dienone is 3. The van der Waals surface area contributed by atoms with Crippen LogP contribution in [0.4, 0.5) is 0 Å². The van der Waals surface area contributed by atoms with Crippen LogP contribution in [0.2, 0.25) is 0 Å². The van der Waals surface area contributed by atoms with E-state index in [-0.39, 0.29) is 5.61 Å². The average Bonchev–Trinajstić information content (AvgIpc) is 2.49. The summed E-state index contributed by atoms with van der Waals surface area (Å²) in [5.41, 5.74) is 1.18. The first-order valence-corrected chi connectivity index (χ1v) is 4.56. The number of hydrogen-bond donors (Lipinski definition) is 2. The molecule has 5 heteroatoms. The lowest BCUT2D eigenvalue weighted by molar-refractivity contribution is 0.430. The van der Waals surface area contributed by atoms with E-state index in [1.165, 1.54) is 0 Å². The van der Waals surface area contributed by atoms with E-state index >= 15 is 0 Å². The molecule has 0 bridgehead atoms. The van der Waals surface area contributed by atoms with Gasteiger partial charge in [-0.25, -0.2) is 0 Å². The van der Waals surface area contributed by atoms with E-state index in [1.807, 2.05) is 18.2 Å². The molecule has 1 aliphatic heterocycles. The van der Waals surface area contributed by atoms with Gasteiger partial charge < -0.3 is 10.0 Å². The molecule has 1 aliphatic carbocycles. The summed E-state index contributed by atoms with van der Waals surface area (Å²) in [6, 6.07) is 0.755.